The van der Waals surface area contributed by atoms with Crippen LogP contribution in [0.2, 0.25) is 0 Å². The van der Waals surface area contributed by atoms with Gasteiger partial charge in [-0.25, -0.2) is 0 Å². The number of hydrogen-bond donors (Lipinski definition) is 1. The van der Waals surface area contributed by atoms with E-state index in [0.717, 1.165) is 25.6 Å². The maximum Gasteiger partial charge on any atom is 0.319 e. The van der Waals surface area contributed by atoms with Gasteiger partial charge in [0.2, 0.25) is 0 Å². The van der Waals surface area contributed by atoms with E-state index in [4.69, 9.17) is 4.74 Å². The Kier molecular flexibility index (Phi) is 4.80. The van der Waals surface area contributed by atoms with Gasteiger partial charge in [-0.1, -0.05) is 19.3 Å². The topological polar surface area (TPSA) is 41.6 Å². The van der Waals surface area contributed by atoms with Gasteiger partial charge in [-0.2, -0.15) is 0 Å². The molecule has 0 radical (unpaired) electrons. The Balaban J connectivity index is 1.93. The number of nitrogens with zero attached hydrogens (tertiary/aromatic N) is 1. The van der Waals surface area contributed by atoms with Gasteiger partial charge in [0.1, 0.15) is 0 Å². The fraction of sp³-hybridized carbons (Fsp3) is 0.923. The maximum atomic E-state index is 11.4. The van der Waals surface area contributed by atoms with Crippen molar-refractivity contribution in [1.82, 2.24) is 10.2 Å². The minimum Gasteiger partial charge on any atom is -0.468 e. The van der Waals surface area contributed by atoms with E-state index in [-0.39, 0.29) is 5.97 Å². The van der Waals surface area contributed by atoms with Crippen molar-refractivity contribution < 1.29 is 9.53 Å². The van der Waals surface area contributed by atoms with Crippen molar-refractivity contribution in [3.63, 3.8) is 0 Å². The van der Waals surface area contributed by atoms with Crippen LogP contribution in [-0.2, 0) is 9.53 Å². The third-order valence-electron chi connectivity index (χ3n) is 4.15. The van der Waals surface area contributed by atoms with Crippen LogP contribution in [0.5, 0.6) is 0 Å². The van der Waals surface area contributed by atoms with Crippen molar-refractivity contribution in [2.24, 2.45) is 5.92 Å². The third kappa shape index (κ3) is 3.42. The van der Waals surface area contributed by atoms with Crippen LogP contribution in [0.25, 0.3) is 0 Å². The molecule has 2 aliphatic rings. The van der Waals surface area contributed by atoms with Crippen molar-refractivity contribution >= 4 is 5.97 Å². The predicted molar refractivity (Wildman–Crippen MR) is 66.8 cm³/mol. The normalized spacial score (nSPS) is 27.9. The lowest BCUT2D eigenvalue weighted by Gasteiger charge is -2.41. The summed E-state index contributed by atoms with van der Waals surface area (Å²) >= 11 is 0. The molecular formula is C13H24N2O2. The van der Waals surface area contributed by atoms with Crippen LogP contribution in [0, 0.1) is 5.92 Å². The van der Waals surface area contributed by atoms with Gasteiger partial charge in [0.25, 0.3) is 0 Å². The maximum absolute atomic E-state index is 11.4. The molecule has 0 spiro atoms. The molecule has 1 aliphatic heterocycles. The summed E-state index contributed by atoms with van der Waals surface area (Å²) in [7, 11) is 1.47. The molecule has 0 aromatic rings. The molecule has 17 heavy (non-hydrogen) atoms. The summed E-state index contributed by atoms with van der Waals surface area (Å²) in [6.45, 7) is 3.44. The van der Waals surface area contributed by atoms with E-state index in [1.54, 1.807) is 0 Å². The van der Waals surface area contributed by atoms with Crippen molar-refractivity contribution in [1.29, 1.82) is 0 Å². The van der Waals surface area contributed by atoms with Gasteiger partial charge in [0, 0.05) is 25.7 Å². The van der Waals surface area contributed by atoms with Gasteiger partial charge < -0.3 is 10.1 Å². The smallest absolute Gasteiger partial charge is 0.319 e. The zero-order valence-electron chi connectivity index (χ0n) is 10.8. The Hall–Kier alpha value is -0.610. The standard InChI is InChI=1S/C13H24N2O2/c1-17-13(16)10-15-8-7-14-9-12(15)11-5-3-2-4-6-11/h11-12,14H,2-10H2,1H3. The Morgan fingerprint density at radius 3 is 2.82 bits per heavy atom. The molecule has 0 amide bonds. The molecule has 1 heterocycles. The van der Waals surface area contributed by atoms with Crippen LogP contribution < -0.4 is 5.32 Å². The fourth-order valence-corrected chi connectivity index (χ4v) is 3.18. The monoisotopic (exact) mass is 240 g/mol. The summed E-state index contributed by atoms with van der Waals surface area (Å²) < 4.78 is 4.79. The number of piperazine rings is 1. The van der Waals surface area contributed by atoms with Gasteiger partial charge in [0.05, 0.1) is 13.7 Å². The molecule has 0 bridgehead atoms. The molecular weight excluding hydrogens is 216 g/mol. The number of carbonyl (C=O) groups excluding carboxylic acids is 1. The van der Waals surface area contributed by atoms with Crippen molar-refractivity contribution in [2.45, 2.75) is 38.1 Å². The predicted octanol–water partition coefficient (Wildman–Crippen LogP) is 1.01. The fourth-order valence-electron chi connectivity index (χ4n) is 3.18. The summed E-state index contributed by atoms with van der Waals surface area (Å²) in [6.07, 6.45) is 6.74. The highest BCUT2D eigenvalue weighted by Crippen LogP contribution is 2.29. The minimum absolute atomic E-state index is 0.104. The summed E-state index contributed by atoms with van der Waals surface area (Å²) in [5.41, 5.74) is 0. The van der Waals surface area contributed by atoms with Crippen LogP contribution in [0.3, 0.4) is 0 Å². The molecule has 1 unspecified atom stereocenters. The second kappa shape index (κ2) is 6.36. The molecule has 2 fully saturated rings. The number of carbonyl (C=O) groups is 1. The van der Waals surface area contributed by atoms with Crippen molar-refractivity contribution in [3.8, 4) is 0 Å². The molecule has 1 saturated heterocycles. The average molecular weight is 240 g/mol. The molecule has 4 nitrogen and oxygen atoms in total. The molecule has 98 valence electrons. The molecule has 1 aliphatic carbocycles. The summed E-state index contributed by atoms with van der Waals surface area (Å²) in [6, 6.07) is 0.531. The number of ether oxygens (including phenoxy) is 1. The SMILES string of the molecule is COC(=O)CN1CCNCC1C1CCCCC1. The Bertz CT molecular complexity index is 252. The first-order valence-electron chi connectivity index (χ1n) is 6.83. The minimum atomic E-state index is -0.104. The van der Waals surface area contributed by atoms with E-state index in [2.05, 4.69) is 10.2 Å². The Morgan fingerprint density at radius 1 is 1.35 bits per heavy atom. The number of hydrogen-bond acceptors (Lipinski definition) is 4. The second-order valence-corrected chi connectivity index (χ2v) is 5.22. The number of esters is 1. The highest BCUT2D eigenvalue weighted by atomic mass is 16.5. The van der Waals surface area contributed by atoms with E-state index in [9.17, 15) is 4.79 Å². The molecule has 1 N–H and O–H groups in total. The zero-order chi connectivity index (χ0) is 12.1. The highest BCUT2D eigenvalue weighted by molar-refractivity contribution is 5.71. The van der Waals surface area contributed by atoms with E-state index in [0.29, 0.717) is 12.6 Å². The number of rotatable bonds is 3. The zero-order valence-corrected chi connectivity index (χ0v) is 10.8. The van der Waals surface area contributed by atoms with Crippen LogP contribution in [-0.4, -0.2) is 50.2 Å². The van der Waals surface area contributed by atoms with E-state index in [1.165, 1.54) is 39.2 Å². The van der Waals surface area contributed by atoms with Gasteiger partial charge in [-0.05, 0) is 18.8 Å². The average Bonchev–Trinajstić information content (AvgIpc) is 2.40. The van der Waals surface area contributed by atoms with Crippen molar-refractivity contribution in [3.05, 3.63) is 0 Å². The van der Waals surface area contributed by atoms with Crippen LogP contribution in [0.15, 0.2) is 0 Å². The van der Waals surface area contributed by atoms with E-state index < -0.39 is 0 Å². The molecule has 2 rings (SSSR count). The molecule has 0 aromatic heterocycles. The molecule has 4 heteroatoms. The van der Waals surface area contributed by atoms with E-state index >= 15 is 0 Å². The lowest BCUT2D eigenvalue weighted by Crippen LogP contribution is -2.56. The van der Waals surface area contributed by atoms with Gasteiger partial charge >= 0.3 is 5.97 Å². The lowest BCUT2D eigenvalue weighted by molar-refractivity contribution is -0.143. The molecule has 0 aromatic carbocycles. The Morgan fingerprint density at radius 2 is 2.12 bits per heavy atom. The lowest BCUT2D eigenvalue weighted by atomic mass is 9.82. The summed E-state index contributed by atoms with van der Waals surface area (Å²) in [5, 5.41) is 3.46. The van der Waals surface area contributed by atoms with E-state index in [1.807, 2.05) is 0 Å². The van der Waals surface area contributed by atoms with Crippen molar-refractivity contribution in [2.75, 3.05) is 33.3 Å². The number of methoxy groups -OCH3 is 1. The first kappa shape index (κ1) is 12.8. The highest BCUT2D eigenvalue weighted by Gasteiger charge is 2.31. The van der Waals surface area contributed by atoms with Crippen LogP contribution in [0.4, 0.5) is 0 Å². The largest absolute Gasteiger partial charge is 0.468 e. The van der Waals surface area contributed by atoms with Crippen LogP contribution >= 0.6 is 0 Å². The first-order chi connectivity index (χ1) is 8.31. The molecule has 1 atom stereocenters. The Labute approximate surface area is 104 Å². The molecule has 1 saturated carbocycles. The van der Waals surface area contributed by atoms with Gasteiger partial charge in [-0.3, -0.25) is 9.69 Å². The van der Waals surface area contributed by atoms with Gasteiger partial charge in [-0.15, -0.1) is 0 Å². The first-order valence-corrected chi connectivity index (χ1v) is 6.83. The summed E-state index contributed by atoms with van der Waals surface area (Å²) in [4.78, 5) is 13.7. The summed E-state index contributed by atoms with van der Waals surface area (Å²) in [5.74, 6) is 0.661. The van der Waals surface area contributed by atoms with Crippen LogP contribution in [0.1, 0.15) is 32.1 Å². The third-order valence-corrected chi connectivity index (χ3v) is 4.15. The number of nitrogens with one attached hydrogen (secondary N) is 1. The van der Waals surface area contributed by atoms with Gasteiger partial charge in [0.15, 0.2) is 0 Å². The quantitative estimate of drug-likeness (QED) is 0.748. The second-order valence-electron chi connectivity index (χ2n) is 5.22.